The van der Waals surface area contributed by atoms with Crippen molar-refractivity contribution in [2.24, 2.45) is 0 Å². The highest BCUT2D eigenvalue weighted by molar-refractivity contribution is 7.51. The minimum Gasteiger partial charge on any atom is -0.457 e. The van der Waals surface area contributed by atoms with Crippen molar-refractivity contribution in [3.8, 4) is 0 Å². The standard InChI is InChI=1S/C29H35F2N6O10P/c1-17(26(39)46-18(2)20-7-11-22(12-8-20)37(41)42)34-48(43,44-15-19-5-9-21(10-6-19)35(3)4)45-16-23-25(38)29(30,31)27(47-23)36-14-13-24(32)33-28(36)40/h5-14,17-18,23,25,27,38H,15-16H2,1-4H3,(H,34,43)(H2,32,33,40)/t17-,18?,23+,25?,27+,48?/m0/s1. The molecule has 4 rings (SSSR count). The van der Waals surface area contributed by atoms with Gasteiger partial charge in [0.25, 0.3) is 5.69 Å². The molecule has 16 nitrogen and oxygen atoms in total. The molecule has 1 saturated heterocycles. The summed E-state index contributed by atoms with van der Waals surface area (Å²) in [6.07, 6.45) is -6.55. The smallest absolute Gasteiger partial charge is 0.406 e. The number of esters is 1. The van der Waals surface area contributed by atoms with Crippen LogP contribution >= 0.6 is 7.75 Å². The first-order chi connectivity index (χ1) is 22.5. The summed E-state index contributed by atoms with van der Waals surface area (Å²) in [6, 6.07) is 12.0. The maximum Gasteiger partial charge on any atom is 0.406 e. The van der Waals surface area contributed by atoms with Crippen molar-refractivity contribution in [3.63, 3.8) is 0 Å². The van der Waals surface area contributed by atoms with Crippen molar-refractivity contribution in [1.82, 2.24) is 14.6 Å². The Bertz CT molecular complexity index is 1710. The fraction of sp³-hybridized carbons (Fsp3) is 0.414. The Balaban J connectivity index is 1.49. The lowest BCUT2D eigenvalue weighted by Gasteiger charge is -2.25. The van der Waals surface area contributed by atoms with Gasteiger partial charge in [0.2, 0.25) is 6.23 Å². The second-order valence-electron chi connectivity index (χ2n) is 11.1. The summed E-state index contributed by atoms with van der Waals surface area (Å²) >= 11 is 0. The van der Waals surface area contributed by atoms with Crippen molar-refractivity contribution in [2.45, 2.75) is 57.0 Å². The van der Waals surface area contributed by atoms with Crippen LogP contribution in [0.15, 0.2) is 65.6 Å². The van der Waals surface area contributed by atoms with E-state index < -0.39 is 67.4 Å². The Kier molecular flexibility index (Phi) is 11.3. The molecule has 6 atom stereocenters. The number of carbonyl (C=O) groups is 1. The number of aromatic nitrogens is 2. The molecular formula is C29H35F2N6O10P. The number of nitrogens with zero attached hydrogens (tertiary/aromatic N) is 4. The number of rotatable bonds is 14. The number of benzene rings is 2. The predicted octanol–water partition coefficient (Wildman–Crippen LogP) is 3.32. The monoisotopic (exact) mass is 696 g/mol. The third-order valence-electron chi connectivity index (χ3n) is 7.32. The summed E-state index contributed by atoms with van der Waals surface area (Å²) in [4.78, 5) is 40.8. The molecule has 1 fully saturated rings. The fourth-order valence-corrected chi connectivity index (χ4v) is 6.01. The fourth-order valence-electron chi connectivity index (χ4n) is 4.54. The first-order valence-corrected chi connectivity index (χ1v) is 16.0. The number of hydrogen-bond acceptors (Lipinski definition) is 13. The highest BCUT2D eigenvalue weighted by Gasteiger charge is 2.60. The lowest BCUT2D eigenvalue weighted by molar-refractivity contribution is -0.384. The summed E-state index contributed by atoms with van der Waals surface area (Å²) < 4.78 is 66.3. The van der Waals surface area contributed by atoms with Gasteiger partial charge in [0.1, 0.15) is 24.1 Å². The molecule has 0 spiro atoms. The van der Waals surface area contributed by atoms with E-state index in [4.69, 9.17) is 24.3 Å². The molecule has 0 saturated carbocycles. The maximum absolute atomic E-state index is 15.1. The van der Waals surface area contributed by atoms with Gasteiger partial charge in [-0.15, -0.1) is 0 Å². The van der Waals surface area contributed by atoms with E-state index in [1.807, 2.05) is 19.0 Å². The summed E-state index contributed by atoms with van der Waals surface area (Å²) in [5.41, 5.74) is 5.98. The number of alkyl halides is 2. The zero-order valence-corrected chi connectivity index (χ0v) is 27.2. The number of carbonyl (C=O) groups excluding carboxylic acids is 1. The van der Waals surface area contributed by atoms with Crippen LogP contribution in [-0.4, -0.2) is 70.4 Å². The minimum atomic E-state index is -4.56. The van der Waals surface area contributed by atoms with Crippen LogP contribution in [0, 0.1) is 10.1 Å². The Hall–Kier alpha value is -4.32. The van der Waals surface area contributed by atoms with Gasteiger partial charge < -0.3 is 25.2 Å². The van der Waals surface area contributed by atoms with Gasteiger partial charge in [-0.25, -0.2) is 14.4 Å². The lowest BCUT2D eigenvalue weighted by atomic mass is 10.1. The summed E-state index contributed by atoms with van der Waals surface area (Å²) in [5.74, 6) is -5.14. The first-order valence-electron chi connectivity index (χ1n) is 14.4. The summed E-state index contributed by atoms with van der Waals surface area (Å²) in [5, 5.41) is 23.8. The number of aliphatic hydroxyl groups excluding tert-OH is 1. The van der Waals surface area contributed by atoms with Crippen LogP contribution in [0.25, 0.3) is 0 Å². The van der Waals surface area contributed by atoms with E-state index in [-0.39, 0.29) is 18.1 Å². The highest BCUT2D eigenvalue weighted by Crippen LogP contribution is 2.48. The number of halogens is 2. The van der Waals surface area contributed by atoms with E-state index in [1.165, 1.54) is 38.1 Å². The average molecular weight is 697 g/mol. The van der Waals surface area contributed by atoms with E-state index >= 15 is 8.78 Å². The molecule has 2 aromatic carbocycles. The van der Waals surface area contributed by atoms with Crippen molar-refractivity contribution < 1.29 is 46.7 Å². The second kappa shape index (κ2) is 14.8. The van der Waals surface area contributed by atoms with E-state index in [2.05, 4.69) is 10.1 Å². The molecule has 3 unspecified atom stereocenters. The zero-order valence-electron chi connectivity index (χ0n) is 26.3. The molecule has 3 aromatic rings. The highest BCUT2D eigenvalue weighted by atomic mass is 31.2. The molecule has 1 aliphatic heterocycles. The van der Waals surface area contributed by atoms with Gasteiger partial charge in [-0.1, -0.05) is 12.1 Å². The number of ether oxygens (including phenoxy) is 2. The zero-order chi connectivity index (χ0) is 35.4. The van der Waals surface area contributed by atoms with Crippen LogP contribution in [0.3, 0.4) is 0 Å². The Morgan fingerprint density at radius 1 is 1.19 bits per heavy atom. The number of anilines is 2. The topological polar surface area (TPSA) is 211 Å². The van der Waals surface area contributed by atoms with Crippen LogP contribution < -0.4 is 21.4 Å². The van der Waals surface area contributed by atoms with Gasteiger partial charge >= 0.3 is 25.3 Å². The molecule has 260 valence electrons. The second-order valence-corrected chi connectivity index (χ2v) is 12.9. The molecule has 4 N–H and O–H groups in total. The number of nitrogens with one attached hydrogen (secondary N) is 1. The molecule has 19 heteroatoms. The molecule has 2 heterocycles. The van der Waals surface area contributed by atoms with E-state index in [9.17, 15) is 29.4 Å². The van der Waals surface area contributed by atoms with Gasteiger partial charge in [-0.3, -0.25) is 28.5 Å². The van der Waals surface area contributed by atoms with Crippen LogP contribution in [0.1, 0.15) is 37.3 Å². The van der Waals surface area contributed by atoms with Gasteiger partial charge in [0, 0.05) is 38.1 Å². The Morgan fingerprint density at radius 3 is 2.42 bits per heavy atom. The first kappa shape index (κ1) is 36.5. The third-order valence-corrected chi connectivity index (χ3v) is 8.98. The third kappa shape index (κ3) is 8.58. The molecular weight excluding hydrogens is 661 g/mol. The number of aliphatic hydroxyl groups is 1. The summed E-state index contributed by atoms with van der Waals surface area (Å²) in [6.45, 7) is 1.59. The maximum atomic E-state index is 15.1. The van der Waals surface area contributed by atoms with Crippen molar-refractivity contribution in [2.75, 3.05) is 31.3 Å². The number of nitro groups is 1. The van der Waals surface area contributed by atoms with E-state index in [1.54, 1.807) is 24.3 Å². The van der Waals surface area contributed by atoms with Gasteiger partial charge in [0.05, 0.1) is 18.1 Å². The lowest BCUT2D eigenvalue weighted by Crippen LogP contribution is -2.42. The van der Waals surface area contributed by atoms with Crippen molar-refractivity contribution >= 4 is 30.9 Å². The number of nitro benzene ring substituents is 1. The molecule has 48 heavy (non-hydrogen) atoms. The van der Waals surface area contributed by atoms with Gasteiger partial charge in [0.15, 0.2) is 6.10 Å². The molecule has 0 aliphatic carbocycles. The minimum absolute atomic E-state index is 0.156. The number of non-ortho nitro benzene ring substituents is 1. The van der Waals surface area contributed by atoms with Gasteiger partial charge in [-0.2, -0.15) is 13.8 Å². The summed E-state index contributed by atoms with van der Waals surface area (Å²) in [7, 11) is -0.874. The molecule has 0 bridgehead atoms. The van der Waals surface area contributed by atoms with E-state index in [0.717, 1.165) is 18.0 Å². The van der Waals surface area contributed by atoms with Crippen LogP contribution in [0.5, 0.6) is 0 Å². The number of hydrogen-bond donors (Lipinski definition) is 3. The number of nitrogens with two attached hydrogens (primary N) is 1. The van der Waals surface area contributed by atoms with E-state index in [0.29, 0.717) is 15.7 Å². The van der Waals surface area contributed by atoms with Crippen molar-refractivity contribution in [3.05, 3.63) is 92.5 Å². The van der Waals surface area contributed by atoms with Gasteiger partial charge in [-0.05, 0) is 55.3 Å². The predicted molar refractivity (Wildman–Crippen MR) is 167 cm³/mol. The largest absolute Gasteiger partial charge is 0.457 e. The average Bonchev–Trinajstić information content (AvgIpc) is 3.26. The SMILES string of the molecule is CC(OC(=O)[C@H](C)NP(=O)(OCc1ccc(N(C)C)cc1)OC[C@H]1O[C@@H](n2ccc(N)nc2=O)C(F)(F)C1O)c1ccc([N+](=O)[O-])cc1. The molecule has 1 aromatic heterocycles. The number of nitrogen functional groups attached to an aromatic ring is 1. The van der Waals surface area contributed by atoms with Crippen LogP contribution in [0.2, 0.25) is 0 Å². The van der Waals surface area contributed by atoms with Crippen molar-refractivity contribution in [1.29, 1.82) is 0 Å². The molecule has 0 amide bonds. The molecule has 1 aliphatic rings. The normalized spacial score (nSPS) is 21.2. The Labute approximate surface area is 273 Å². The molecule has 0 radical (unpaired) electrons. The van der Waals surface area contributed by atoms with Crippen LogP contribution in [-0.2, 0) is 34.5 Å². The van der Waals surface area contributed by atoms with Crippen LogP contribution in [0.4, 0.5) is 26.0 Å². The Morgan fingerprint density at radius 2 is 1.83 bits per heavy atom. The quantitative estimate of drug-likeness (QED) is 0.0956.